The van der Waals surface area contributed by atoms with Gasteiger partial charge in [0.2, 0.25) is 5.91 Å². The fourth-order valence-corrected chi connectivity index (χ4v) is 1.41. The van der Waals surface area contributed by atoms with E-state index in [9.17, 15) is 9.59 Å². The van der Waals surface area contributed by atoms with E-state index in [4.69, 9.17) is 15.9 Å². The molecule has 12 heavy (non-hydrogen) atoms. The summed E-state index contributed by atoms with van der Waals surface area (Å²) in [5, 5.41) is 16.1. The number of aliphatic carboxylic acids is 1. The summed E-state index contributed by atoms with van der Waals surface area (Å²) >= 11 is 1.01. The molecule has 0 aliphatic rings. The smallest absolute Gasteiger partial charge is 0.317 e. The molecule has 6 heteroatoms. The summed E-state index contributed by atoms with van der Waals surface area (Å²) in [4.78, 5) is 20.8. The number of aliphatic hydroxyl groups is 1. The van der Waals surface area contributed by atoms with Crippen molar-refractivity contribution < 1.29 is 19.8 Å². The molecule has 0 rings (SSSR count). The zero-order chi connectivity index (χ0) is 9.56. The van der Waals surface area contributed by atoms with Crippen LogP contribution in [0.2, 0.25) is 0 Å². The molecule has 0 fully saturated rings. The number of rotatable bonds is 6. The van der Waals surface area contributed by atoms with Crippen molar-refractivity contribution in [3.8, 4) is 0 Å². The van der Waals surface area contributed by atoms with Crippen LogP contribution in [0, 0.1) is 0 Å². The van der Waals surface area contributed by atoms with Crippen molar-refractivity contribution in [3.05, 3.63) is 0 Å². The molecular weight excluding hydrogens is 182 g/mol. The average molecular weight is 193 g/mol. The number of aliphatic hydroxyl groups excluding tert-OH is 1. The molecule has 4 N–H and O–H groups in total. The molecule has 0 saturated carbocycles. The number of nitrogens with two attached hydrogens (primary N) is 1. The maximum atomic E-state index is 10.4. The second kappa shape index (κ2) is 5.84. The Balaban J connectivity index is 3.87. The van der Waals surface area contributed by atoms with Crippen LogP contribution in [0.1, 0.15) is 6.42 Å². The number of carboxylic acids is 1. The fraction of sp³-hybridized carbons (Fsp3) is 0.667. The summed E-state index contributed by atoms with van der Waals surface area (Å²) in [6.45, 7) is -0.104. The van der Waals surface area contributed by atoms with E-state index in [2.05, 4.69) is 0 Å². The molecule has 0 aliphatic carbocycles. The van der Waals surface area contributed by atoms with E-state index in [-0.39, 0.29) is 13.0 Å². The van der Waals surface area contributed by atoms with Gasteiger partial charge in [-0.15, -0.1) is 11.8 Å². The molecule has 1 amide bonds. The molecule has 0 bridgehead atoms. The Labute approximate surface area is 73.9 Å². The molecule has 1 atom stereocenters. The normalized spacial score (nSPS) is 12.4. The lowest BCUT2D eigenvalue weighted by molar-refractivity contribution is -0.137. The minimum Gasteiger partial charge on any atom is -0.480 e. The van der Waals surface area contributed by atoms with Gasteiger partial charge in [-0.3, -0.25) is 9.59 Å². The lowest BCUT2D eigenvalue weighted by Crippen LogP contribution is -2.25. The van der Waals surface area contributed by atoms with E-state index in [1.807, 2.05) is 0 Å². The Kier molecular flexibility index (Phi) is 5.48. The van der Waals surface area contributed by atoms with Gasteiger partial charge in [0.25, 0.3) is 0 Å². The Morgan fingerprint density at radius 3 is 2.42 bits per heavy atom. The summed E-state index contributed by atoms with van der Waals surface area (Å²) < 4.78 is 0. The number of carbonyl (C=O) groups is 2. The van der Waals surface area contributed by atoms with E-state index in [0.29, 0.717) is 5.75 Å². The first-order valence-electron chi connectivity index (χ1n) is 3.31. The first-order chi connectivity index (χ1) is 5.57. The third-order valence-electron chi connectivity index (χ3n) is 1.07. The lowest BCUT2D eigenvalue weighted by Gasteiger charge is -2.07. The molecule has 70 valence electrons. The maximum absolute atomic E-state index is 10.4. The van der Waals surface area contributed by atoms with Gasteiger partial charge in [0.15, 0.2) is 0 Å². The highest BCUT2D eigenvalue weighted by atomic mass is 32.2. The topological polar surface area (TPSA) is 101 Å². The van der Waals surface area contributed by atoms with Crippen LogP contribution in [0.5, 0.6) is 0 Å². The second-order valence-electron chi connectivity index (χ2n) is 2.09. The second-order valence-corrected chi connectivity index (χ2v) is 3.40. The van der Waals surface area contributed by atoms with Crippen molar-refractivity contribution in [2.45, 2.75) is 11.7 Å². The largest absolute Gasteiger partial charge is 0.480 e. The number of hydrogen-bond acceptors (Lipinski definition) is 4. The number of carboxylic acid groups (broad SMARTS) is 1. The van der Waals surface area contributed by atoms with Gasteiger partial charge >= 0.3 is 5.97 Å². The Morgan fingerprint density at radius 2 is 2.08 bits per heavy atom. The van der Waals surface area contributed by atoms with Crippen LogP contribution in [0.3, 0.4) is 0 Å². The summed E-state index contributed by atoms with van der Waals surface area (Å²) in [5.41, 5.74) is 4.82. The molecule has 0 aromatic rings. The average Bonchev–Trinajstić information content (AvgIpc) is 1.96. The van der Waals surface area contributed by atoms with Crippen LogP contribution >= 0.6 is 11.8 Å². The van der Waals surface area contributed by atoms with E-state index < -0.39 is 17.1 Å². The highest BCUT2D eigenvalue weighted by Gasteiger charge is 2.19. The van der Waals surface area contributed by atoms with Crippen molar-refractivity contribution in [2.75, 3.05) is 12.4 Å². The lowest BCUT2D eigenvalue weighted by atomic mass is 10.3. The van der Waals surface area contributed by atoms with Crippen molar-refractivity contribution >= 4 is 23.6 Å². The first-order valence-corrected chi connectivity index (χ1v) is 4.36. The number of primary amides is 1. The molecule has 0 aromatic carbocycles. The van der Waals surface area contributed by atoms with Gasteiger partial charge in [0.05, 0.1) is 6.61 Å². The van der Waals surface area contributed by atoms with Gasteiger partial charge < -0.3 is 15.9 Å². The highest BCUT2D eigenvalue weighted by Crippen LogP contribution is 2.13. The standard InChI is InChI=1S/C6H11NO4S/c7-5(9)3-4(6(10)11)12-2-1-8/h4,8H,1-3H2,(H2,7,9)(H,10,11). The van der Waals surface area contributed by atoms with Crippen molar-refractivity contribution in [3.63, 3.8) is 0 Å². The third kappa shape index (κ3) is 4.97. The first kappa shape index (κ1) is 11.2. The van der Waals surface area contributed by atoms with Crippen molar-refractivity contribution in [1.82, 2.24) is 0 Å². The van der Waals surface area contributed by atoms with Crippen LogP contribution in [0.25, 0.3) is 0 Å². The van der Waals surface area contributed by atoms with Gasteiger partial charge in [0.1, 0.15) is 5.25 Å². The minimum atomic E-state index is -1.08. The van der Waals surface area contributed by atoms with Gasteiger partial charge in [-0.05, 0) is 0 Å². The van der Waals surface area contributed by atoms with E-state index in [1.54, 1.807) is 0 Å². The van der Waals surface area contributed by atoms with E-state index >= 15 is 0 Å². The van der Waals surface area contributed by atoms with E-state index in [0.717, 1.165) is 11.8 Å². The Hall–Kier alpha value is -0.750. The van der Waals surface area contributed by atoms with Crippen LogP contribution in [-0.2, 0) is 9.59 Å². The minimum absolute atomic E-state index is 0.104. The molecule has 0 heterocycles. The highest BCUT2D eigenvalue weighted by molar-refractivity contribution is 8.00. The monoisotopic (exact) mass is 193 g/mol. The third-order valence-corrected chi connectivity index (χ3v) is 2.26. The fourth-order valence-electron chi connectivity index (χ4n) is 0.595. The molecule has 5 nitrogen and oxygen atoms in total. The summed E-state index contributed by atoms with van der Waals surface area (Å²) in [6.07, 6.45) is -0.194. The van der Waals surface area contributed by atoms with Crippen LogP contribution in [0.15, 0.2) is 0 Å². The maximum Gasteiger partial charge on any atom is 0.317 e. The van der Waals surface area contributed by atoms with Crippen molar-refractivity contribution in [1.29, 1.82) is 0 Å². The number of carbonyl (C=O) groups excluding carboxylic acids is 1. The van der Waals surface area contributed by atoms with Crippen LogP contribution in [0.4, 0.5) is 0 Å². The zero-order valence-corrected chi connectivity index (χ0v) is 7.21. The number of hydrogen-bond donors (Lipinski definition) is 3. The van der Waals surface area contributed by atoms with Crippen molar-refractivity contribution in [2.24, 2.45) is 5.73 Å². The molecule has 1 unspecified atom stereocenters. The molecule has 0 saturated heterocycles. The Morgan fingerprint density at radius 1 is 1.50 bits per heavy atom. The molecule has 0 aromatic heterocycles. The summed E-state index contributed by atoms with van der Waals surface area (Å²) in [7, 11) is 0. The van der Waals surface area contributed by atoms with Gasteiger partial charge in [-0.2, -0.15) is 0 Å². The molecule has 0 radical (unpaired) electrons. The molecule has 0 spiro atoms. The quantitative estimate of drug-likeness (QED) is 0.504. The molecule has 0 aliphatic heterocycles. The summed E-state index contributed by atoms with van der Waals surface area (Å²) in [6, 6.07) is 0. The SMILES string of the molecule is NC(=O)CC(SCCO)C(=O)O. The predicted molar refractivity (Wildman–Crippen MR) is 44.8 cm³/mol. The summed E-state index contributed by atoms with van der Waals surface area (Å²) in [5.74, 6) is -1.43. The number of thioether (sulfide) groups is 1. The number of amides is 1. The van der Waals surface area contributed by atoms with E-state index in [1.165, 1.54) is 0 Å². The predicted octanol–water partition coefficient (Wildman–Crippen LogP) is -0.960. The Bertz CT molecular complexity index is 173. The van der Waals surface area contributed by atoms with Gasteiger partial charge in [-0.1, -0.05) is 0 Å². The van der Waals surface area contributed by atoms with Gasteiger partial charge in [-0.25, -0.2) is 0 Å². The van der Waals surface area contributed by atoms with Crippen LogP contribution in [-0.4, -0.2) is 39.7 Å². The van der Waals surface area contributed by atoms with Gasteiger partial charge in [0, 0.05) is 12.2 Å². The van der Waals surface area contributed by atoms with Crippen LogP contribution < -0.4 is 5.73 Å². The zero-order valence-electron chi connectivity index (χ0n) is 6.40. The molecular formula is C6H11NO4S.